The minimum absolute atomic E-state index is 0.104. The van der Waals surface area contributed by atoms with Crippen molar-refractivity contribution in [1.82, 2.24) is 0 Å². The normalized spacial score (nSPS) is 11.7. The van der Waals surface area contributed by atoms with Gasteiger partial charge in [0.2, 0.25) is 0 Å². The second kappa shape index (κ2) is 5.42. The van der Waals surface area contributed by atoms with Gasteiger partial charge in [0, 0.05) is 28.2 Å². The second-order valence-electron chi connectivity index (χ2n) is 5.83. The van der Waals surface area contributed by atoms with E-state index in [1.807, 2.05) is 49.4 Å². The van der Waals surface area contributed by atoms with Crippen LogP contribution < -0.4 is 5.73 Å². The zero-order valence-electron chi connectivity index (χ0n) is 13.2. The number of aliphatic imine (C=N–C) groups is 1. The molecule has 0 amide bonds. The van der Waals surface area contributed by atoms with Gasteiger partial charge in [-0.1, -0.05) is 17.7 Å². The van der Waals surface area contributed by atoms with Crippen LogP contribution in [0, 0.1) is 6.92 Å². The second-order valence-corrected chi connectivity index (χ2v) is 5.83. The topological polar surface area (TPSA) is 71.8 Å². The number of phenolic OH excluding ortho intramolecular Hbond substituents is 1. The van der Waals surface area contributed by atoms with E-state index < -0.39 is 0 Å². The van der Waals surface area contributed by atoms with E-state index in [0.717, 1.165) is 22.0 Å². The van der Waals surface area contributed by atoms with Gasteiger partial charge < -0.3 is 15.3 Å². The number of furan rings is 1. The summed E-state index contributed by atoms with van der Waals surface area (Å²) in [5, 5.41) is 11.8. The van der Waals surface area contributed by atoms with Crippen molar-refractivity contribution in [2.45, 2.75) is 6.92 Å². The fraction of sp³-hybridized carbons (Fsp3) is 0.0500. The summed E-state index contributed by atoms with van der Waals surface area (Å²) in [5.41, 5.74) is 10.6. The number of nitrogens with zero attached hydrogens (tertiary/aromatic N) is 1. The molecule has 3 N–H and O–H groups in total. The van der Waals surface area contributed by atoms with Crippen molar-refractivity contribution in [3.63, 3.8) is 0 Å². The Morgan fingerprint density at radius 3 is 2.62 bits per heavy atom. The van der Waals surface area contributed by atoms with Crippen LogP contribution >= 0.6 is 0 Å². The average molecular weight is 316 g/mol. The number of nitrogens with two attached hydrogens (primary N) is 1. The Bertz CT molecular complexity index is 1080. The number of benzene rings is 3. The van der Waals surface area contributed by atoms with Crippen molar-refractivity contribution >= 4 is 39.5 Å². The van der Waals surface area contributed by atoms with Gasteiger partial charge in [-0.3, -0.25) is 4.99 Å². The largest absolute Gasteiger partial charge is 0.504 e. The quantitative estimate of drug-likeness (QED) is 0.407. The van der Waals surface area contributed by atoms with Gasteiger partial charge in [-0.05, 0) is 49.4 Å². The summed E-state index contributed by atoms with van der Waals surface area (Å²) < 4.78 is 5.78. The molecule has 0 aliphatic carbocycles. The smallest absolute Gasteiger partial charge is 0.177 e. The van der Waals surface area contributed by atoms with Crippen LogP contribution in [0.4, 0.5) is 11.4 Å². The lowest BCUT2D eigenvalue weighted by atomic mass is 10.1. The number of rotatable bonds is 2. The van der Waals surface area contributed by atoms with Crippen LogP contribution in [0.25, 0.3) is 21.9 Å². The molecule has 0 bridgehead atoms. The number of aryl methyl sites for hydroxylation is 1. The molecule has 0 radical (unpaired) electrons. The Kier molecular flexibility index (Phi) is 3.24. The van der Waals surface area contributed by atoms with E-state index >= 15 is 0 Å². The van der Waals surface area contributed by atoms with Gasteiger partial charge >= 0.3 is 0 Å². The fourth-order valence-electron chi connectivity index (χ4n) is 2.79. The third-order valence-corrected chi connectivity index (χ3v) is 4.04. The maximum absolute atomic E-state index is 10.1. The molecular formula is C20H16N2O2. The zero-order chi connectivity index (χ0) is 16.7. The van der Waals surface area contributed by atoms with Gasteiger partial charge in [-0.2, -0.15) is 0 Å². The first-order valence-corrected chi connectivity index (χ1v) is 7.66. The van der Waals surface area contributed by atoms with E-state index in [1.165, 1.54) is 5.56 Å². The van der Waals surface area contributed by atoms with Crippen molar-refractivity contribution < 1.29 is 9.52 Å². The fourth-order valence-corrected chi connectivity index (χ4v) is 2.79. The monoisotopic (exact) mass is 316 g/mol. The molecular weight excluding hydrogens is 300 g/mol. The maximum atomic E-state index is 10.1. The third kappa shape index (κ3) is 2.38. The molecule has 0 spiro atoms. The van der Waals surface area contributed by atoms with E-state index in [4.69, 9.17) is 10.2 Å². The molecule has 3 aromatic carbocycles. The number of nitrogen functional groups attached to an aromatic ring is 1. The van der Waals surface area contributed by atoms with E-state index in [-0.39, 0.29) is 5.75 Å². The average Bonchev–Trinajstić information content (AvgIpc) is 2.96. The predicted octanol–water partition coefficient (Wildman–Crippen LogP) is 4.93. The SMILES string of the molecule is Cc1ccc(N=Cc2ccc(O)c3oc4ccc(N)cc4c23)cc1. The van der Waals surface area contributed by atoms with Gasteiger partial charge in [-0.15, -0.1) is 0 Å². The van der Waals surface area contributed by atoms with Crippen LogP contribution in [0.5, 0.6) is 5.75 Å². The van der Waals surface area contributed by atoms with Crippen LogP contribution in [-0.2, 0) is 0 Å². The molecule has 4 rings (SSSR count). The van der Waals surface area contributed by atoms with Crippen molar-refractivity contribution in [2.24, 2.45) is 4.99 Å². The summed E-state index contributed by atoms with van der Waals surface area (Å²) in [6.07, 6.45) is 1.78. The molecule has 0 aliphatic heterocycles. The Morgan fingerprint density at radius 1 is 1.04 bits per heavy atom. The highest BCUT2D eigenvalue weighted by Crippen LogP contribution is 2.37. The summed E-state index contributed by atoms with van der Waals surface area (Å²) in [5.74, 6) is 0.104. The van der Waals surface area contributed by atoms with Crippen molar-refractivity contribution in [2.75, 3.05) is 5.73 Å². The van der Waals surface area contributed by atoms with Gasteiger partial charge in [0.1, 0.15) is 5.58 Å². The minimum atomic E-state index is 0.104. The number of phenols is 1. The Labute approximate surface area is 138 Å². The summed E-state index contributed by atoms with van der Waals surface area (Å²) in [7, 11) is 0. The molecule has 118 valence electrons. The summed E-state index contributed by atoms with van der Waals surface area (Å²) in [6, 6.07) is 16.9. The first-order valence-electron chi connectivity index (χ1n) is 7.66. The molecule has 1 aromatic heterocycles. The van der Waals surface area contributed by atoms with Crippen LogP contribution in [0.1, 0.15) is 11.1 Å². The van der Waals surface area contributed by atoms with Crippen molar-refractivity contribution in [3.05, 3.63) is 65.7 Å². The highest BCUT2D eigenvalue weighted by molar-refractivity contribution is 6.15. The van der Waals surface area contributed by atoms with Gasteiger partial charge in [0.25, 0.3) is 0 Å². The maximum Gasteiger partial charge on any atom is 0.177 e. The number of hydrogen-bond acceptors (Lipinski definition) is 4. The molecule has 4 nitrogen and oxygen atoms in total. The van der Waals surface area contributed by atoms with Gasteiger partial charge in [-0.25, -0.2) is 0 Å². The van der Waals surface area contributed by atoms with Crippen LogP contribution in [0.3, 0.4) is 0 Å². The predicted molar refractivity (Wildman–Crippen MR) is 98.2 cm³/mol. The zero-order valence-corrected chi connectivity index (χ0v) is 13.2. The molecule has 0 unspecified atom stereocenters. The Morgan fingerprint density at radius 2 is 1.83 bits per heavy atom. The molecule has 1 heterocycles. The molecule has 4 aromatic rings. The molecule has 24 heavy (non-hydrogen) atoms. The molecule has 0 saturated carbocycles. The number of anilines is 1. The molecule has 4 heteroatoms. The summed E-state index contributed by atoms with van der Waals surface area (Å²) in [6.45, 7) is 2.04. The lowest BCUT2D eigenvalue weighted by Gasteiger charge is -2.00. The molecule has 0 fully saturated rings. The first-order chi connectivity index (χ1) is 11.6. The lowest BCUT2D eigenvalue weighted by Crippen LogP contribution is -1.85. The van der Waals surface area contributed by atoms with E-state index in [2.05, 4.69) is 4.99 Å². The van der Waals surface area contributed by atoms with Gasteiger partial charge in [0.15, 0.2) is 11.3 Å². The van der Waals surface area contributed by atoms with Gasteiger partial charge in [0.05, 0.1) is 5.69 Å². The van der Waals surface area contributed by atoms with E-state index in [0.29, 0.717) is 16.9 Å². The lowest BCUT2D eigenvalue weighted by molar-refractivity contribution is 0.469. The number of hydrogen-bond donors (Lipinski definition) is 2. The number of aromatic hydroxyl groups is 1. The van der Waals surface area contributed by atoms with Crippen LogP contribution in [-0.4, -0.2) is 11.3 Å². The number of fused-ring (bicyclic) bond motifs is 3. The molecule has 0 aliphatic rings. The third-order valence-electron chi connectivity index (χ3n) is 4.04. The highest BCUT2D eigenvalue weighted by Gasteiger charge is 2.14. The van der Waals surface area contributed by atoms with E-state index in [1.54, 1.807) is 18.3 Å². The standard InChI is InChI=1S/C20H16N2O2/c1-12-2-6-15(7-3-12)22-11-13-4-8-17(23)20-19(13)16-10-14(21)5-9-18(16)24-20/h2-11,23H,21H2,1H3. The molecule has 0 atom stereocenters. The summed E-state index contributed by atoms with van der Waals surface area (Å²) >= 11 is 0. The van der Waals surface area contributed by atoms with Crippen LogP contribution in [0.15, 0.2) is 64.0 Å². The van der Waals surface area contributed by atoms with Crippen LogP contribution in [0.2, 0.25) is 0 Å². The van der Waals surface area contributed by atoms with E-state index in [9.17, 15) is 5.11 Å². The summed E-state index contributed by atoms with van der Waals surface area (Å²) in [4.78, 5) is 4.53. The first kappa shape index (κ1) is 14.3. The minimum Gasteiger partial charge on any atom is -0.504 e. The van der Waals surface area contributed by atoms with Crippen molar-refractivity contribution in [3.8, 4) is 5.75 Å². The molecule has 0 saturated heterocycles. The Hall–Kier alpha value is -3.27. The Balaban J connectivity index is 1.91. The van der Waals surface area contributed by atoms with Crippen molar-refractivity contribution in [1.29, 1.82) is 0 Å². The highest BCUT2D eigenvalue weighted by atomic mass is 16.4.